The fourth-order valence-electron chi connectivity index (χ4n) is 3.21. The number of rotatable bonds is 4. The fourth-order valence-corrected chi connectivity index (χ4v) is 3.83. The number of carbonyl (C=O) groups is 1. The summed E-state index contributed by atoms with van der Waals surface area (Å²) >= 11 is 1.67. The molecule has 0 spiro atoms. The molecule has 2 fully saturated rings. The molecule has 0 N–H and O–H groups in total. The van der Waals surface area contributed by atoms with E-state index in [9.17, 15) is 4.79 Å². The van der Waals surface area contributed by atoms with E-state index in [2.05, 4.69) is 9.80 Å². The van der Waals surface area contributed by atoms with Crippen LogP contribution in [0.1, 0.15) is 30.6 Å². The monoisotopic (exact) mass is 290 g/mol. The van der Waals surface area contributed by atoms with Crippen molar-refractivity contribution >= 4 is 23.3 Å². The van der Waals surface area contributed by atoms with Crippen LogP contribution in [0.25, 0.3) is 6.08 Å². The molecule has 3 nitrogen and oxygen atoms in total. The van der Waals surface area contributed by atoms with Gasteiger partial charge in [-0.25, -0.2) is 0 Å². The maximum atomic E-state index is 12.3. The predicted molar refractivity (Wildman–Crippen MR) is 83.8 cm³/mol. The summed E-state index contributed by atoms with van der Waals surface area (Å²) in [5.74, 6) is 0.181. The minimum absolute atomic E-state index is 0.181. The van der Waals surface area contributed by atoms with Crippen LogP contribution in [-0.4, -0.2) is 47.9 Å². The molecular weight excluding hydrogens is 268 g/mol. The highest BCUT2D eigenvalue weighted by Crippen LogP contribution is 2.21. The van der Waals surface area contributed by atoms with Crippen molar-refractivity contribution in [1.82, 2.24) is 9.80 Å². The topological polar surface area (TPSA) is 23.6 Å². The van der Waals surface area contributed by atoms with Crippen LogP contribution < -0.4 is 0 Å². The van der Waals surface area contributed by atoms with Crippen molar-refractivity contribution in [1.29, 1.82) is 0 Å². The van der Waals surface area contributed by atoms with E-state index in [0.29, 0.717) is 6.04 Å². The molecular formula is C16H22N2OS. The Hall–Kier alpha value is -1.13. The van der Waals surface area contributed by atoms with Crippen LogP contribution in [-0.2, 0) is 4.79 Å². The number of carbonyl (C=O) groups excluding carboxylic acids is 1. The summed E-state index contributed by atoms with van der Waals surface area (Å²) in [4.78, 5) is 18.1. The Morgan fingerprint density at radius 3 is 2.90 bits per heavy atom. The SMILES string of the molecule is O=C(/C=C/c1cccs1)N1CCCC1CN1CCCC1. The van der Waals surface area contributed by atoms with Crippen molar-refractivity contribution in [3.05, 3.63) is 28.5 Å². The minimum atomic E-state index is 0.181. The van der Waals surface area contributed by atoms with Crippen LogP contribution in [0.3, 0.4) is 0 Å². The molecule has 0 aromatic carbocycles. The molecule has 1 aromatic rings. The van der Waals surface area contributed by atoms with E-state index >= 15 is 0 Å². The Kier molecular flexibility index (Phi) is 4.53. The van der Waals surface area contributed by atoms with Crippen LogP contribution >= 0.6 is 11.3 Å². The number of hydrogen-bond donors (Lipinski definition) is 0. The van der Waals surface area contributed by atoms with Gasteiger partial charge in [0.15, 0.2) is 0 Å². The van der Waals surface area contributed by atoms with E-state index < -0.39 is 0 Å². The highest BCUT2D eigenvalue weighted by molar-refractivity contribution is 7.10. The molecule has 2 saturated heterocycles. The summed E-state index contributed by atoms with van der Waals surface area (Å²) in [5.41, 5.74) is 0. The lowest BCUT2D eigenvalue weighted by atomic mass is 10.2. The van der Waals surface area contributed by atoms with Crippen LogP contribution in [0.5, 0.6) is 0 Å². The minimum Gasteiger partial charge on any atom is -0.335 e. The van der Waals surface area contributed by atoms with Crippen molar-refractivity contribution in [3.63, 3.8) is 0 Å². The first-order chi connectivity index (χ1) is 9.83. The highest BCUT2D eigenvalue weighted by atomic mass is 32.1. The van der Waals surface area contributed by atoms with Gasteiger partial charge in [-0.3, -0.25) is 4.79 Å². The molecule has 3 rings (SSSR count). The lowest BCUT2D eigenvalue weighted by molar-refractivity contribution is -0.127. The second-order valence-corrected chi connectivity index (χ2v) is 6.66. The van der Waals surface area contributed by atoms with Gasteiger partial charge in [0.25, 0.3) is 0 Å². The van der Waals surface area contributed by atoms with Crippen LogP contribution in [0.4, 0.5) is 0 Å². The Morgan fingerprint density at radius 1 is 1.30 bits per heavy atom. The number of nitrogens with zero attached hydrogens (tertiary/aromatic N) is 2. The van der Waals surface area contributed by atoms with Gasteiger partial charge in [0, 0.05) is 30.1 Å². The third-order valence-corrected chi connectivity index (χ3v) is 5.10. The molecule has 1 atom stereocenters. The molecule has 20 heavy (non-hydrogen) atoms. The molecule has 2 aliphatic heterocycles. The van der Waals surface area contributed by atoms with Gasteiger partial charge in [-0.2, -0.15) is 0 Å². The summed E-state index contributed by atoms with van der Waals surface area (Å²) in [6.07, 6.45) is 8.64. The summed E-state index contributed by atoms with van der Waals surface area (Å²) in [7, 11) is 0. The second kappa shape index (κ2) is 6.55. The third-order valence-electron chi connectivity index (χ3n) is 4.26. The van der Waals surface area contributed by atoms with Crippen molar-refractivity contribution < 1.29 is 4.79 Å². The standard InChI is InChI=1S/C16H22N2OS/c19-16(8-7-15-6-4-12-20-15)18-11-3-5-14(18)13-17-9-1-2-10-17/h4,6-8,12,14H,1-3,5,9-11,13H2/b8-7+. The average molecular weight is 290 g/mol. The number of thiophene rings is 1. The lowest BCUT2D eigenvalue weighted by Gasteiger charge is -2.27. The summed E-state index contributed by atoms with van der Waals surface area (Å²) in [5, 5.41) is 2.04. The molecule has 2 aliphatic rings. The first kappa shape index (κ1) is 13.8. The average Bonchev–Trinajstić information content (AvgIpc) is 3.19. The Bertz CT molecular complexity index is 463. The summed E-state index contributed by atoms with van der Waals surface area (Å²) in [6.45, 7) is 4.41. The second-order valence-electron chi connectivity index (χ2n) is 5.68. The van der Waals surface area contributed by atoms with Crippen molar-refractivity contribution in [2.24, 2.45) is 0 Å². The lowest BCUT2D eigenvalue weighted by Crippen LogP contribution is -2.41. The first-order valence-corrected chi connectivity index (χ1v) is 8.45. The van der Waals surface area contributed by atoms with E-state index in [4.69, 9.17) is 0 Å². The molecule has 108 valence electrons. The van der Waals surface area contributed by atoms with Crippen molar-refractivity contribution in [2.75, 3.05) is 26.2 Å². The first-order valence-electron chi connectivity index (χ1n) is 7.57. The van der Waals surface area contributed by atoms with Gasteiger partial charge in [-0.15, -0.1) is 11.3 Å². The number of hydrogen-bond acceptors (Lipinski definition) is 3. The number of likely N-dealkylation sites (tertiary alicyclic amines) is 2. The third kappa shape index (κ3) is 3.30. The highest BCUT2D eigenvalue weighted by Gasteiger charge is 2.29. The zero-order chi connectivity index (χ0) is 13.8. The van der Waals surface area contributed by atoms with Gasteiger partial charge in [0.1, 0.15) is 0 Å². The van der Waals surface area contributed by atoms with Gasteiger partial charge < -0.3 is 9.80 Å². The van der Waals surface area contributed by atoms with Crippen LogP contribution in [0, 0.1) is 0 Å². The van der Waals surface area contributed by atoms with Crippen molar-refractivity contribution in [3.8, 4) is 0 Å². The Balaban J connectivity index is 1.58. The predicted octanol–water partition coefficient (Wildman–Crippen LogP) is 2.85. The maximum Gasteiger partial charge on any atom is 0.246 e. The molecule has 1 aromatic heterocycles. The van der Waals surface area contributed by atoms with Crippen LogP contribution in [0.15, 0.2) is 23.6 Å². The van der Waals surface area contributed by atoms with E-state index in [1.54, 1.807) is 17.4 Å². The van der Waals surface area contributed by atoms with E-state index in [0.717, 1.165) is 30.8 Å². The molecule has 3 heterocycles. The normalized spacial score (nSPS) is 24.0. The molecule has 1 unspecified atom stereocenters. The summed E-state index contributed by atoms with van der Waals surface area (Å²) in [6, 6.07) is 4.48. The van der Waals surface area contributed by atoms with Crippen LogP contribution in [0.2, 0.25) is 0 Å². The molecule has 4 heteroatoms. The van der Waals surface area contributed by atoms with Crippen molar-refractivity contribution in [2.45, 2.75) is 31.7 Å². The molecule has 0 aliphatic carbocycles. The quantitative estimate of drug-likeness (QED) is 0.796. The van der Waals surface area contributed by atoms with E-state index in [-0.39, 0.29) is 5.91 Å². The zero-order valence-corrected chi connectivity index (χ0v) is 12.6. The van der Waals surface area contributed by atoms with Gasteiger partial charge in [-0.1, -0.05) is 6.07 Å². The smallest absolute Gasteiger partial charge is 0.246 e. The van der Waals surface area contributed by atoms with Gasteiger partial charge >= 0.3 is 0 Å². The largest absolute Gasteiger partial charge is 0.335 e. The molecule has 0 radical (unpaired) electrons. The summed E-state index contributed by atoms with van der Waals surface area (Å²) < 4.78 is 0. The molecule has 0 bridgehead atoms. The molecule has 1 amide bonds. The van der Waals surface area contributed by atoms with E-state index in [1.807, 2.05) is 23.6 Å². The maximum absolute atomic E-state index is 12.3. The molecule has 0 saturated carbocycles. The van der Waals surface area contributed by atoms with Gasteiger partial charge in [0.05, 0.1) is 0 Å². The zero-order valence-electron chi connectivity index (χ0n) is 11.8. The fraction of sp³-hybridized carbons (Fsp3) is 0.562. The van der Waals surface area contributed by atoms with E-state index in [1.165, 1.54) is 25.9 Å². The number of amides is 1. The van der Waals surface area contributed by atoms with Gasteiger partial charge in [0.2, 0.25) is 5.91 Å². The Morgan fingerprint density at radius 2 is 2.15 bits per heavy atom. The van der Waals surface area contributed by atoms with Gasteiger partial charge in [-0.05, 0) is 56.3 Å². The Labute approximate surface area is 124 Å².